The standard InChI is InChI=1S/C23H18FN5O3S/c1-13-8-21-14(5-7-33(21,30)31)9-16(13)18-11-26-23(29-12-27-28-22(18)29)25-10-17-15-4-6-32-20(15)3-2-19(17)24/h2-3,5,7-9,11-12H,4,6,10H2,1H3,(H,25,26). The van der Waals surface area contributed by atoms with Gasteiger partial charge in [0.1, 0.15) is 17.9 Å². The third kappa shape index (κ3) is 3.09. The smallest absolute Gasteiger partial charge is 0.210 e. The van der Waals surface area contributed by atoms with Crippen LogP contribution < -0.4 is 10.1 Å². The molecule has 0 atom stereocenters. The predicted octanol–water partition coefficient (Wildman–Crippen LogP) is 3.54. The van der Waals surface area contributed by atoms with Gasteiger partial charge in [-0.25, -0.2) is 17.8 Å². The average molecular weight is 463 g/mol. The topological polar surface area (TPSA) is 98.5 Å². The van der Waals surface area contributed by atoms with Crippen LogP contribution in [0.25, 0.3) is 22.9 Å². The minimum absolute atomic E-state index is 0.235. The number of aryl methyl sites for hydroxylation is 1. The summed E-state index contributed by atoms with van der Waals surface area (Å²) in [7, 11) is -3.39. The van der Waals surface area contributed by atoms with E-state index in [0.29, 0.717) is 46.4 Å². The zero-order valence-electron chi connectivity index (χ0n) is 17.5. The van der Waals surface area contributed by atoms with Crippen molar-refractivity contribution in [3.63, 3.8) is 0 Å². The Morgan fingerprint density at radius 1 is 1.24 bits per heavy atom. The molecule has 0 radical (unpaired) electrons. The molecule has 0 fully saturated rings. The number of ether oxygens (including phenoxy) is 1. The summed E-state index contributed by atoms with van der Waals surface area (Å²) in [6.07, 6.45) is 5.47. The van der Waals surface area contributed by atoms with Gasteiger partial charge >= 0.3 is 0 Å². The van der Waals surface area contributed by atoms with E-state index in [0.717, 1.165) is 22.3 Å². The SMILES string of the molecule is Cc1cc2c(cc1-c1cnc(NCc3c(F)ccc4c3CCO4)n3cnnc13)C=CS2(=O)=O. The Hall–Kier alpha value is -3.79. The minimum atomic E-state index is -3.39. The molecule has 4 heterocycles. The van der Waals surface area contributed by atoms with E-state index in [1.165, 1.54) is 17.8 Å². The van der Waals surface area contributed by atoms with E-state index in [4.69, 9.17) is 4.74 Å². The van der Waals surface area contributed by atoms with Crippen molar-refractivity contribution in [3.8, 4) is 16.9 Å². The quantitative estimate of drug-likeness (QED) is 0.494. The Morgan fingerprint density at radius 3 is 3.00 bits per heavy atom. The van der Waals surface area contributed by atoms with E-state index in [1.807, 2.05) is 13.0 Å². The molecule has 0 spiro atoms. The molecule has 4 aromatic rings. The van der Waals surface area contributed by atoms with Gasteiger partial charge in [-0.05, 0) is 54.0 Å². The Labute approximate surface area is 188 Å². The van der Waals surface area contributed by atoms with E-state index in [2.05, 4.69) is 20.5 Å². The highest BCUT2D eigenvalue weighted by Gasteiger charge is 2.24. The molecule has 166 valence electrons. The molecule has 0 unspecified atom stereocenters. The molecule has 0 amide bonds. The summed E-state index contributed by atoms with van der Waals surface area (Å²) < 4.78 is 46.1. The van der Waals surface area contributed by atoms with Gasteiger partial charge in [0.2, 0.25) is 5.95 Å². The molecule has 8 nitrogen and oxygen atoms in total. The highest BCUT2D eigenvalue weighted by Crippen LogP contribution is 2.35. The van der Waals surface area contributed by atoms with E-state index in [9.17, 15) is 12.8 Å². The van der Waals surface area contributed by atoms with Gasteiger partial charge in [0.05, 0.1) is 11.5 Å². The van der Waals surface area contributed by atoms with E-state index < -0.39 is 9.84 Å². The van der Waals surface area contributed by atoms with Crippen LogP contribution in [-0.2, 0) is 22.8 Å². The first-order valence-corrected chi connectivity index (χ1v) is 11.9. The summed E-state index contributed by atoms with van der Waals surface area (Å²) in [4.78, 5) is 4.84. The fourth-order valence-electron chi connectivity index (χ4n) is 4.42. The van der Waals surface area contributed by atoms with Gasteiger partial charge in [0, 0.05) is 41.3 Å². The lowest BCUT2D eigenvalue weighted by molar-refractivity contribution is 0.356. The second-order valence-corrected chi connectivity index (χ2v) is 9.83. The molecule has 0 saturated heterocycles. The van der Waals surface area contributed by atoms with E-state index >= 15 is 0 Å². The first kappa shape index (κ1) is 19.9. The van der Waals surface area contributed by atoms with Gasteiger partial charge in [-0.1, -0.05) is 0 Å². The number of anilines is 1. The first-order valence-electron chi connectivity index (χ1n) is 10.4. The van der Waals surface area contributed by atoms with Crippen molar-refractivity contribution < 1.29 is 17.5 Å². The summed E-state index contributed by atoms with van der Waals surface area (Å²) in [6, 6.07) is 6.57. The Bertz CT molecular complexity index is 1590. The average Bonchev–Trinajstić information content (AvgIpc) is 3.52. The molecular weight excluding hydrogens is 445 g/mol. The molecular formula is C23H18FN5O3S. The van der Waals surface area contributed by atoms with Crippen molar-refractivity contribution in [1.82, 2.24) is 19.6 Å². The van der Waals surface area contributed by atoms with Crippen molar-refractivity contribution in [2.24, 2.45) is 0 Å². The van der Waals surface area contributed by atoms with Gasteiger partial charge in [0.15, 0.2) is 15.5 Å². The summed E-state index contributed by atoms with van der Waals surface area (Å²) in [5.74, 6) is 0.894. The number of aromatic nitrogens is 4. The van der Waals surface area contributed by atoms with Crippen LogP contribution in [0.1, 0.15) is 22.3 Å². The fraction of sp³-hybridized carbons (Fsp3) is 0.174. The minimum Gasteiger partial charge on any atom is -0.493 e. The molecule has 33 heavy (non-hydrogen) atoms. The van der Waals surface area contributed by atoms with E-state index in [-0.39, 0.29) is 12.4 Å². The summed E-state index contributed by atoms with van der Waals surface area (Å²) in [6.45, 7) is 2.63. The van der Waals surface area contributed by atoms with Crippen LogP contribution in [0.3, 0.4) is 0 Å². The Kier molecular flexibility index (Phi) is 4.28. The molecule has 0 aliphatic carbocycles. The van der Waals surface area contributed by atoms with E-state index in [1.54, 1.807) is 28.8 Å². The largest absolute Gasteiger partial charge is 0.493 e. The summed E-state index contributed by atoms with van der Waals surface area (Å²) in [5.41, 5.74) is 4.94. The van der Waals surface area contributed by atoms with Crippen LogP contribution in [0, 0.1) is 12.7 Å². The first-order chi connectivity index (χ1) is 15.9. The lowest BCUT2D eigenvalue weighted by Gasteiger charge is -2.14. The van der Waals surface area contributed by atoms with Crippen molar-refractivity contribution in [2.45, 2.75) is 24.8 Å². The Balaban J connectivity index is 1.38. The predicted molar refractivity (Wildman–Crippen MR) is 120 cm³/mol. The Morgan fingerprint density at radius 2 is 2.12 bits per heavy atom. The number of nitrogens with one attached hydrogen (secondary N) is 1. The molecule has 10 heteroatoms. The molecule has 2 aliphatic rings. The molecule has 6 rings (SSSR count). The lowest BCUT2D eigenvalue weighted by Crippen LogP contribution is -2.10. The molecule has 2 aromatic heterocycles. The maximum Gasteiger partial charge on any atom is 0.210 e. The maximum atomic E-state index is 14.5. The number of halogens is 1. The van der Waals surface area contributed by atoms with Gasteiger partial charge < -0.3 is 10.1 Å². The molecule has 2 aliphatic heterocycles. The fourth-order valence-corrected chi connectivity index (χ4v) is 5.68. The maximum absolute atomic E-state index is 14.5. The highest BCUT2D eigenvalue weighted by molar-refractivity contribution is 7.94. The van der Waals surface area contributed by atoms with Crippen LogP contribution in [0.2, 0.25) is 0 Å². The van der Waals surface area contributed by atoms with Crippen LogP contribution in [0.5, 0.6) is 5.75 Å². The number of sulfone groups is 1. The zero-order chi connectivity index (χ0) is 22.7. The normalized spacial score (nSPS) is 15.5. The number of fused-ring (bicyclic) bond motifs is 3. The number of nitrogens with zero attached hydrogens (tertiary/aromatic N) is 4. The molecule has 0 bridgehead atoms. The summed E-state index contributed by atoms with van der Waals surface area (Å²) >= 11 is 0. The van der Waals surface area contributed by atoms with Gasteiger partial charge in [-0.3, -0.25) is 4.40 Å². The second-order valence-electron chi connectivity index (χ2n) is 8.03. The number of benzene rings is 2. The van der Waals surface area contributed by atoms with Crippen LogP contribution in [0.15, 0.2) is 47.1 Å². The van der Waals surface area contributed by atoms with Crippen molar-refractivity contribution in [2.75, 3.05) is 11.9 Å². The molecule has 0 saturated carbocycles. The van der Waals surface area contributed by atoms with Gasteiger partial charge in [-0.2, -0.15) is 0 Å². The highest BCUT2D eigenvalue weighted by atomic mass is 32.2. The van der Waals surface area contributed by atoms with Crippen molar-refractivity contribution >= 4 is 27.5 Å². The van der Waals surface area contributed by atoms with Gasteiger partial charge in [-0.15, -0.1) is 10.2 Å². The van der Waals surface area contributed by atoms with Crippen molar-refractivity contribution in [3.05, 3.63) is 70.3 Å². The zero-order valence-corrected chi connectivity index (χ0v) is 18.4. The van der Waals surface area contributed by atoms with Crippen molar-refractivity contribution in [1.29, 1.82) is 0 Å². The third-order valence-corrected chi connectivity index (χ3v) is 7.54. The molecule has 2 aromatic carbocycles. The lowest BCUT2D eigenvalue weighted by atomic mass is 9.99. The summed E-state index contributed by atoms with van der Waals surface area (Å²) in [5, 5.41) is 12.7. The number of hydrogen-bond donors (Lipinski definition) is 1. The van der Waals surface area contributed by atoms with Crippen LogP contribution in [-0.4, -0.2) is 34.6 Å². The third-order valence-electron chi connectivity index (χ3n) is 6.08. The number of hydrogen-bond acceptors (Lipinski definition) is 7. The second kappa shape index (κ2) is 7.11. The number of rotatable bonds is 4. The monoisotopic (exact) mass is 463 g/mol. The van der Waals surface area contributed by atoms with Gasteiger partial charge in [0.25, 0.3) is 0 Å². The van der Waals surface area contributed by atoms with Crippen LogP contribution >= 0.6 is 0 Å². The molecule has 1 N–H and O–H groups in total. The van der Waals surface area contributed by atoms with Crippen LogP contribution in [0.4, 0.5) is 10.3 Å².